The average molecular weight is 436 g/mol. The molecule has 0 saturated carbocycles. The maximum atomic E-state index is 13.2. The minimum atomic E-state index is 0.0954. The van der Waals surface area contributed by atoms with Crippen molar-refractivity contribution in [1.29, 1.82) is 0 Å². The van der Waals surface area contributed by atoms with Crippen molar-refractivity contribution >= 4 is 29.3 Å². The predicted octanol–water partition coefficient (Wildman–Crippen LogP) is 3.17. The third-order valence-electron chi connectivity index (χ3n) is 5.73. The number of amides is 1. The standard InChI is InChI=1S/C23H25N5O2S/c1-17-15-18-7-5-6-10-20(18)27(17)21(29)16-31-23-25-24-22(26-11-13-30-14-12-26)28(23)19-8-3-2-4-9-19/h2-10,17H,11-16H2,1H3/t17-/m1/s1. The zero-order chi connectivity index (χ0) is 21.2. The molecule has 7 nitrogen and oxygen atoms in total. The number of hydrogen-bond acceptors (Lipinski definition) is 6. The number of carbonyl (C=O) groups excluding carboxylic acids is 1. The van der Waals surface area contributed by atoms with Crippen LogP contribution in [0.3, 0.4) is 0 Å². The molecule has 8 heteroatoms. The largest absolute Gasteiger partial charge is 0.378 e. The van der Waals surface area contributed by atoms with Crippen molar-refractivity contribution in [3.63, 3.8) is 0 Å². The van der Waals surface area contributed by atoms with Crippen molar-refractivity contribution < 1.29 is 9.53 Å². The summed E-state index contributed by atoms with van der Waals surface area (Å²) in [6.07, 6.45) is 0.897. The number of carbonyl (C=O) groups is 1. The van der Waals surface area contributed by atoms with Crippen LogP contribution in [0.25, 0.3) is 5.69 Å². The van der Waals surface area contributed by atoms with Gasteiger partial charge in [0.05, 0.1) is 24.7 Å². The Morgan fingerprint density at radius 2 is 1.81 bits per heavy atom. The van der Waals surface area contributed by atoms with Crippen LogP contribution in [0.5, 0.6) is 0 Å². The van der Waals surface area contributed by atoms with Crippen LogP contribution in [-0.2, 0) is 16.0 Å². The zero-order valence-corrected chi connectivity index (χ0v) is 18.3. The molecule has 2 aliphatic rings. The number of ether oxygens (including phenoxy) is 1. The molecule has 1 saturated heterocycles. The zero-order valence-electron chi connectivity index (χ0n) is 17.5. The van der Waals surface area contributed by atoms with Crippen LogP contribution in [-0.4, -0.2) is 58.8 Å². The second kappa shape index (κ2) is 8.72. The van der Waals surface area contributed by atoms with E-state index in [0.717, 1.165) is 42.0 Å². The van der Waals surface area contributed by atoms with Gasteiger partial charge in [0, 0.05) is 24.8 Å². The summed E-state index contributed by atoms with van der Waals surface area (Å²) in [5, 5.41) is 9.66. The molecule has 1 aromatic heterocycles. The average Bonchev–Trinajstić information content (AvgIpc) is 3.39. The molecule has 1 amide bonds. The highest BCUT2D eigenvalue weighted by Crippen LogP contribution is 2.33. The van der Waals surface area contributed by atoms with Gasteiger partial charge in [-0.3, -0.25) is 9.36 Å². The number of thioether (sulfide) groups is 1. The van der Waals surface area contributed by atoms with Gasteiger partial charge in [-0.25, -0.2) is 0 Å². The summed E-state index contributed by atoms with van der Waals surface area (Å²) in [6, 6.07) is 18.4. The molecule has 0 N–H and O–H groups in total. The second-order valence-electron chi connectivity index (χ2n) is 7.79. The number of benzene rings is 2. The van der Waals surface area contributed by atoms with Crippen LogP contribution < -0.4 is 9.80 Å². The van der Waals surface area contributed by atoms with Crippen LogP contribution >= 0.6 is 11.8 Å². The SMILES string of the molecule is C[C@@H]1Cc2ccccc2N1C(=O)CSc1nnc(N2CCOCC2)n1-c1ccccc1. The second-order valence-corrected chi connectivity index (χ2v) is 8.73. The third-order valence-corrected chi connectivity index (χ3v) is 6.64. The van der Waals surface area contributed by atoms with Gasteiger partial charge < -0.3 is 14.5 Å². The number of morpholine rings is 1. The van der Waals surface area contributed by atoms with E-state index < -0.39 is 0 Å². The highest BCUT2D eigenvalue weighted by atomic mass is 32.2. The van der Waals surface area contributed by atoms with Crippen LogP contribution in [0.1, 0.15) is 12.5 Å². The van der Waals surface area contributed by atoms with Gasteiger partial charge in [0.25, 0.3) is 0 Å². The van der Waals surface area contributed by atoms with Gasteiger partial charge in [-0.2, -0.15) is 0 Å². The number of rotatable bonds is 5. The van der Waals surface area contributed by atoms with Crippen molar-refractivity contribution in [1.82, 2.24) is 14.8 Å². The quantitative estimate of drug-likeness (QED) is 0.574. The van der Waals surface area contributed by atoms with Gasteiger partial charge in [0.1, 0.15) is 0 Å². The fraction of sp³-hybridized carbons (Fsp3) is 0.348. The lowest BCUT2D eigenvalue weighted by Crippen LogP contribution is -2.38. The predicted molar refractivity (Wildman–Crippen MR) is 122 cm³/mol. The monoisotopic (exact) mass is 435 g/mol. The van der Waals surface area contributed by atoms with Gasteiger partial charge in [-0.05, 0) is 37.1 Å². The molecule has 3 heterocycles. The molecule has 5 rings (SSSR count). The number of para-hydroxylation sites is 2. The Hall–Kier alpha value is -2.84. The lowest BCUT2D eigenvalue weighted by Gasteiger charge is -2.28. The maximum Gasteiger partial charge on any atom is 0.237 e. The summed E-state index contributed by atoms with van der Waals surface area (Å²) in [7, 11) is 0. The van der Waals surface area contributed by atoms with Crippen molar-refractivity contribution in [2.45, 2.75) is 24.5 Å². The van der Waals surface area contributed by atoms with Crippen LogP contribution in [0.2, 0.25) is 0 Å². The van der Waals surface area contributed by atoms with E-state index in [0.29, 0.717) is 19.0 Å². The Morgan fingerprint density at radius 1 is 1.06 bits per heavy atom. The number of nitrogens with zero attached hydrogens (tertiary/aromatic N) is 5. The molecule has 2 aromatic carbocycles. The summed E-state index contributed by atoms with van der Waals surface area (Å²) < 4.78 is 7.54. The summed E-state index contributed by atoms with van der Waals surface area (Å²) in [5.74, 6) is 1.20. The van der Waals surface area contributed by atoms with E-state index in [1.807, 2.05) is 58.0 Å². The van der Waals surface area contributed by atoms with Crippen molar-refractivity contribution in [2.75, 3.05) is 41.9 Å². The van der Waals surface area contributed by atoms with E-state index in [2.05, 4.69) is 28.1 Å². The fourth-order valence-corrected chi connectivity index (χ4v) is 5.07. The molecule has 3 aromatic rings. The number of aromatic nitrogens is 3. The Morgan fingerprint density at radius 3 is 2.61 bits per heavy atom. The topological polar surface area (TPSA) is 63.5 Å². The summed E-state index contributed by atoms with van der Waals surface area (Å²) in [4.78, 5) is 17.3. The van der Waals surface area contributed by atoms with Crippen LogP contribution in [0, 0.1) is 0 Å². The minimum absolute atomic E-state index is 0.0954. The molecular formula is C23H25N5O2S. The van der Waals surface area contributed by atoms with E-state index in [4.69, 9.17) is 4.74 Å². The Bertz CT molecular complexity index is 1060. The lowest BCUT2D eigenvalue weighted by atomic mass is 10.1. The molecule has 31 heavy (non-hydrogen) atoms. The fourth-order valence-electron chi connectivity index (χ4n) is 4.27. The molecule has 0 bridgehead atoms. The molecule has 0 aliphatic carbocycles. The Kier molecular flexibility index (Phi) is 5.65. The summed E-state index contributed by atoms with van der Waals surface area (Å²) in [5.41, 5.74) is 3.25. The van der Waals surface area contributed by atoms with Gasteiger partial charge >= 0.3 is 0 Å². The van der Waals surface area contributed by atoms with Gasteiger partial charge in [-0.15, -0.1) is 10.2 Å². The van der Waals surface area contributed by atoms with E-state index in [9.17, 15) is 4.79 Å². The molecule has 0 radical (unpaired) electrons. The molecular weight excluding hydrogens is 410 g/mol. The first kappa shape index (κ1) is 20.1. The van der Waals surface area contributed by atoms with Crippen molar-refractivity contribution in [3.05, 3.63) is 60.2 Å². The van der Waals surface area contributed by atoms with E-state index in [1.165, 1.54) is 17.3 Å². The Labute approximate surface area is 186 Å². The van der Waals surface area contributed by atoms with Gasteiger partial charge in [-0.1, -0.05) is 48.2 Å². The van der Waals surface area contributed by atoms with Crippen LogP contribution in [0.15, 0.2) is 59.8 Å². The summed E-state index contributed by atoms with van der Waals surface area (Å²) in [6.45, 7) is 5.00. The highest BCUT2D eigenvalue weighted by Gasteiger charge is 2.31. The smallest absolute Gasteiger partial charge is 0.237 e. The van der Waals surface area contributed by atoms with Crippen LogP contribution in [0.4, 0.5) is 11.6 Å². The molecule has 1 atom stereocenters. The van der Waals surface area contributed by atoms with E-state index in [-0.39, 0.29) is 11.9 Å². The van der Waals surface area contributed by atoms with Gasteiger partial charge in [0.15, 0.2) is 5.16 Å². The Balaban J connectivity index is 1.39. The normalized spacial score (nSPS) is 18.3. The molecule has 0 unspecified atom stereocenters. The highest BCUT2D eigenvalue weighted by molar-refractivity contribution is 7.99. The first-order valence-corrected chi connectivity index (χ1v) is 11.6. The number of fused-ring (bicyclic) bond motifs is 1. The lowest BCUT2D eigenvalue weighted by molar-refractivity contribution is -0.116. The van der Waals surface area contributed by atoms with Gasteiger partial charge in [0.2, 0.25) is 11.9 Å². The molecule has 1 fully saturated rings. The van der Waals surface area contributed by atoms with Crippen molar-refractivity contribution in [2.24, 2.45) is 0 Å². The third kappa shape index (κ3) is 3.93. The first-order valence-electron chi connectivity index (χ1n) is 10.6. The maximum absolute atomic E-state index is 13.2. The molecule has 160 valence electrons. The summed E-state index contributed by atoms with van der Waals surface area (Å²) >= 11 is 1.44. The minimum Gasteiger partial charge on any atom is -0.378 e. The number of hydrogen-bond donors (Lipinski definition) is 0. The number of anilines is 2. The molecule has 2 aliphatic heterocycles. The van der Waals surface area contributed by atoms with E-state index in [1.54, 1.807) is 0 Å². The first-order chi connectivity index (χ1) is 15.2. The van der Waals surface area contributed by atoms with Crippen molar-refractivity contribution in [3.8, 4) is 5.69 Å². The molecule has 0 spiro atoms. The van der Waals surface area contributed by atoms with E-state index >= 15 is 0 Å².